The van der Waals surface area contributed by atoms with Gasteiger partial charge in [-0.15, -0.1) is 0 Å². The molecular weight excluding hydrogens is 352 g/mol. The number of hydrogen-bond donors (Lipinski definition) is 0. The van der Waals surface area contributed by atoms with Crippen molar-refractivity contribution in [2.45, 2.75) is 38.0 Å². The molecule has 6 heteroatoms. The van der Waals surface area contributed by atoms with Crippen molar-refractivity contribution in [3.05, 3.63) is 48.7 Å². The number of ether oxygens (including phenoxy) is 2. The van der Waals surface area contributed by atoms with E-state index in [-0.39, 0.29) is 6.10 Å². The quantitative estimate of drug-likeness (QED) is 0.681. The molecule has 2 aromatic heterocycles. The van der Waals surface area contributed by atoms with Gasteiger partial charge in [-0.1, -0.05) is 6.07 Å². The Morgan fingerprint density at radius 2 is 2.07 bits per heavy atom. The van der Waals surface area contributed by atoms with Crippen LogP contribution in [0.5, 0.6) is 5.75 Å². The van der Waals surface area contributed by atoms with E-state index in [1.807, 2.05) is 17.9 Å². The molecule has 5 rings (SSSR count). The van der Waals surface area contributed by atoms with Crippen LogP contribution in [0.4, 0.5) is 0 Å². The molecule has 3 aromatic rings. The Morgan fingerprint density at radius 1 is 1.18 bits per heavy atom. The third kappa shape index (κ3) is 3.54. The molecule has 2 aliphatic rings. The maximum Gasteiger partial charge on any atom is 0.129 e. The fourth-order valence-corrected chi connectivity index (χ4v) is 4.47. The van der Waals surface area contributed by atoms with E-state index < -0.39 is 0 Å². The number of imidazole rings is 1. The van der Waals surface area contributed by atoms with Gasteiger partial charge in [-0.05, 0) is 37.5 Å². The number of hydrogen-bond acceptors (Lipinski definition) is 4. The Bertz CT molecular complexity index is 933. The van der Waals surface area contributed by atoms with Gasteiger partial charge in [0.05, 0.1) is 30.2 Å². The number of benzene rings is 1. The van der Waals surface area contributed by atoms with Crippen LogP contribution in [0.15, 0.2) is 43.0 Å². The molecule has 6 nitrogen and oxygen atoms in total. The van der Waals surface area contributed by atoms with Gasteiger partial charge in [-0.2, -0.15) is 0 Å². The van der Waals surface area contributed by atoms with Gasteiger partial charge >= 0.3 is 0 Å². The summed E-state index contributed by atoms with van der Waals surface area (Å²) in [6.45, 7) is 4.70. The molecular formula is C22H28N4O2. The highest BCUT2D eigenvalue weighted by Gasteiger charge is 2.23. The molecule has 0 N–H and O–H groups in total. The molecule has 0 amide bonds. The number of fused-ring (bicyclic) bond motifs is 1. The second-order valence-electron chi connectivity index (χ2n) is 8.05. The first-order chi connectivity index (χ1) is 13.8. The Morgan fingerprint density at radius 3 is 2.82 bits per heavy atom. The van der Waals surface area contributed by atoms with Crippen LogP contribution in [0.3, 0.4) is 0 Å². The smallest absolute Gasteiger partial charge is 0.129 e. The van der Waals surface area contributed by atoms with E-state index in [9.17, 15) is 0 Å². The van der Waals surface area contributed by atoms with Gasteiger partial charge < -0.3 is 18.6 Å². The summed E-state index contributed by atoms with van der Waals surface area (Å²) in [6.07, 6.45) is 9.64. The van der Waals surface area contributed by atoms with Crippen molar-refractivity contribution in [2.24, 2.45) is 7.05 Å². The van der Waals surface area contributed by atoms with E-state index in [1.54, 1.807) is 0 Å². The number of aryl methyl sites for hydroxylation is 1. The molecule has 2 saturated heterocycles. The molecule has 148 valence electrons. The van der Waals surface area contributed by atoms with E-state index in [0.29, 0.717) is 6.04 Å². The normalized spacial score (nSPS) is 21.5. The first-order valence-corrected chi connectivity index (χ1v) is 10.3. The largest absolute Gasteiger partial charge is 0.490 e. The first-order valence-electron chi connectivity index (χ1n) is 10.3. The van der Waals surface area contributed by atoms with Crippen LogP contribution in [-0.2, 0) is 18.3 Å². The predicted octanol–water partition coefficient (Wildman–Crippen LogP) is 3.38. The summed E-state index contributed by atoms with van der Waals surface area (Å²) < 4.78 is 16.4. The van der Waals surface area contributed by atoms with Crippen LogP contribution < -0.4 is 4.74 Å². The number of aromatic nitrogens is 3. The fraction of sp³-hybridized carbons (Fsp3) is 0.500. The fourth-order valence-electron chi connectivity index (χ4n) is 4.47. The van der Waals surface area contributed by atoms with Crippen molar-refractivity contribution >= 4 is 10.9 Å². The minimum absolute atomic E-state index is 0.281. The van der Waals surface area contributed by atoms with Crippen LogP contribution in [0, 0.1) is 0 Å². The SMILES string of the molecule is Cn1cnc(CN2CCC(Oc3cccc4c3ccn4C3CCOC3)CC2)c1. The van der Waals surface area contributed by atoms with E-state index in [4.69, 9.17) is 9.47 Å². The summed E-state index contributed by atoms with van der Waals surface area (Å²) in [6, 6.07) is 9.05. The van der Waals surface area contributed by atoms with Crippen LogP contribution in [-0.4, -0.2) is 51.4 Å². The standard InChI is InChI=1S/C22H28N4O2/c1-24-13-17(23-16-24)14-25-9-5-19(6-10-25)28-22-4-2-3-21-20(22)7-11-26(21)18-8-12-27-15-18/h2-4,7,11,13,16,18-19H,5-6,8-10,12,14-15H2,1H3. The number of likely N-dealkylation sites (tertiary alicyclic amines) is 1. The summed E-state index contributed by atoms with van der Waals surface area (Å²) in [5.41, 5.74) is 2.39. The highest BCUT2D eigenvalue weighted by atomic mass is 16.5. The summed E-state index contributed by atoms with van der Waals surface area (Å²) in [5.74, 6) is 1.01. The van der Waals surface area contributed by atoms with Gasteiger partial charge in [0.25, 0.3) is 0 Å². The molecule has 0 saturated carbocycles. The summed E-state index contributed by atoms with van der Waals surface area (Å²) in [5, 5.41) is 1.21. The zero-order valence-electron chi connectivity index (χ0n) is 16.5. The van der Waals surface area contributed by atoms with Gasteiger partial charge in [-0.25, -0.2) is 4.98 Å². The number of piperidine rings is 1. The van der Waals surface area contributed by atoms with Gasteiger partial charge in [-0.3, -0.25) is 4.90 Å². The first kappa shape index (κ1) is 17.8. The van der Waals surface area contributed by atoms with E-state index in [2.05, 4.69) is 51.1 Å². The van der Waals surface area contributed by atoms with E-state index in [0.717, 1.165) is 63.6 Å². The highest BCUT2D eigenvalue weighted by molar-refractivity contribution is 5.86. The van der Waals surface area contributed by atoms with Crippen LogP contribution in [0.25, 0.3) is 10.9 Å². The molecule has 1 atom stereocenters. The van der Waals surface area contributed by atoms with Gasteiger partial charge in [0.1, 0.15) is 11.9 Å². The highest BCUT2D eigenvalue weighted by Crippen LogP contribution is 2.32. The van der Waals surface area contributed by atoms with Crippen molar-refractivity contribution in [3.63, 3.8) is 0 Å². The summed E-state index contributed by atoms with van der Waals surface area (Å²) in [7, 11) is 2.02. The van der Waals surface area contributed by atoms with Crippen molar-refractivity contribution in [3.8, 4) is 5.75 Å². The van der Waals surface area contributed by atoms with Crippen molar-refractivity contribution < 1.29 is 9.47 Å². The molecule has 28 heavy (non-hydrogen) atoms. The molecule has 2 aliphatic heterocycles. The van der Waals surface area contributed by atoms with Crippen LogP contribution in [0.1, 0.15) is 31.0 Å². The Balaban J connectivity index is 1.24. The average Bonchev–Trinajstić information content (AvgIpc) is 3.44. The monoisotopic (exact) mass is 380 g/mol. The van der Waals surface area contributed by atoms with Gasteiger partial charge in [0.2, 0.25) is 0 Å². The minimum atomic E-state index is 0.281. The lowest BCUT2D eigenvalue weighted by molar-refractivity contribution is 0.0973. The van der Waals surface area contributed by atoms with Crippen molar-refractivity contribution in [1.29, 1.82) is 0 Å². The zero-order chi connectivity index (χ0) is 18.9. The topological polar surface area (TPSA) is 44.5 Å². The summed E-state index contributed by atoms with van der Waals surface area (Å²) in [4.78, 5) is 6.92. The van der Waals surface area contributed by atoms with Crippen molar-refractivity contribution in [1.82, 2.24) is 19.0 Å². The van der Waals surface area contributed by atoms with E-state index in [1.165, 1.54) is 10.9 Å². The average molecular weight is 380 g/mol. The molecule has 0 radical (unpaired) electrons. The Kier molecular flexibility index (Phi) is 4.82. The predicted molar refractivity (Wildman–Crippen MR) is 109 cm³/mol. The summed E-state index contributed by atoms with van der Waals surface area (Å²) >= 11 is 0. The van der Waals surface area contributed by atoms with Gasteiger partial charge in [0, 0.05) is 51.1 Å². The van der Waals surface area contributed by atoms with E-state index >= 15 is 0 Å². The maximum atomic E-state index is 6.46. The number of nitrogens with zero attached hydrogens (tertiary/aromatic N) is 4. The van der Waals surface area contributed by atoms with Crippen LogP contribution >= 0.6 is 0 Å². The molecule has 0 spiro atoms. The number of rotatable bonds is 5. The molecule has 1 aromatic carbocycles. The van der Waals surface area contributed by atoms with Crippen LogP contribution in [0.2, 0.25) is 0 Å². The lowest BCUT2D eigenvalue weighted by Crippen LogP contribution is -2.37. The van der Waals surface area contributed by atoms with Gasteiger partial charge in [0.15, 0.2) is 0 Å². The molecule has 2 fully saturated rings. The lowest BCUT2D eigenvalue weighted by Gasteiger charge is -2.31. The van der Waals surface area contributed by atoms with Crippen molar-refractivity contribution in [2.75, 3.05) is 26.3 Å². The molecule has 4 heterocycles. The third-order valence-corrected chi connectivity index (χ3v) is 5.99. The molecule has 0 bridgehead atoms. The zero-order valence-corrected chi connectivity index (χ0v) is 16.5. The third-order valence-electron chi connectivity index (χ3n) is 5.99. The second-order valence-corrected chi connectivity index (χ2v) is 8.05. The second kappa shape index (κ2) is 7.60. The molecule has 1 unspecified atom stereocenters. The Hall–Kier alpha value is -2.31. The molecule has 0 aliphatic carbocycles. The maximum absolute atomic E-state index is 6.46. The minimum Gasteiger partial charge on any atom is -0.490 e. The Labute approximate surface area is 165 Å². The lowest BCUT2D eigenvalue weighted by atomic mass is 10.1.